The van der Waals surface area contributed by atoms with Gasteiger partial charge in [0.15, 0.2) is 5.82 Å². The van der Waals surface area contributed by atoms with E-state index in [4.69, 9.17) is 4.74 Å². The zero-order valence-corrected chi connectivity index (χ0v) is 18.9. The Kier molecular flexibility index (Phi) is 6.41. The van der Waals surface area contributed by atoms with Crippen molar-refractivity contribution < 1.29 is 27.4 Å². The van der Waals surface area contributed by atoms with Crippen molar-refractivity contribution in [2.45, 2.75) is 27.1 Å². The van der Waals surface area contributed by atoms with Crippen molar-refractivity contribution in [3.63, 3.8) is 0 Å². The van der Waals surface area contributed by atoms with E-state index in [0.29, 0.717) is 17.3 Å². The fourth-order valence-electron chi connectivity index (χ4n) is 3.22. The van der Waals surface area contributed by atoms with E-state index in [9.17, 15) is 18.0 Å². The molecule has 4 aromatic rings. The third-order valence-electron chi connectivity index (χ3n) is 5.19. The topological polar surface area (TPSA) is 91.2 Å². The lowest BCUT2D eigenvalue weighted by molar-refractivity contribution is -0.274. The molecular formula is C24H20F3N5O3. The van der Waals surface area contributed by atoms with Crippen LogP contribution in [0.4, 0.5) is 18.9 Å². The van der Waals surface area contributed by atoms with Gasteiger partial charge in [0.1, 0.15) is 11.5 Å². The molecule has 0 saturated carbocycles. The number of carbonyl (C=O) groups excluding carboxylic acids is 1. The first-order valence-electron chi connectivity index (χ1n) is 10.4. The van der Waals surface area contributed by atoms with Gasteiger partial charge in [-0.15, -0.1) is 23.4 Å². The van der Waals surface area contributed by atoms with Crippen LogP contribution in [-0.2, 0) is 0 Å². The number of alkyl halides is 3. The van der Waals surface area contributed by atoms with E-state index in [1.54, 1.807) is 41.1 Å². The SMILES string of the molecule is Cc1nn(-c2ccc(Oc3ccc(NC(=O)c4ccccc4OC(F)(F)F)cc3)nn2)c(C)c1C. The monoisotopic (exact) mass is 483 g/mol. The molecule has 0 spiro atoms. The molecule has 0 fully saturated rings. The number of carbonyl (C=O) groups is 1. The number of aryl methyl sites for hydroxylation is 1. The molecule has 0 aliphatic rings. The van der Waals surface area contributed by atoms with Crippen molar-refractivity contribution in [2.24, 2.45) is 0 Å². The Morgan fingerprint density at radius 3 is 2.26 bits per heavy atom. The van der Waals surface area contributed by atoms with E-state index in [1.165, 1.54) is 18.2 Å². The highest BCUT2D eigenvalue weighted by Crippen LogP contribution is 2.27. The molecule has 2 aromatic heterocycles. The van der Waals surface area contributed by atoms with Crippen LogP contribution >= 0.6 is 0 Å². The van der Waals surface area contributed by atoms with E-state index in [-0.39, 0.29) is 11.4 Å². The van der Waals surface area contributed by atoms with Gasteiger partial charge in [-0.3, -0.25) is 4.79 Å². The molecule has 2 heterocycles. The number of hydrogen-bond donors (Lipinski definition) is 1. The Morgan fingerprint density at radius 1 is 0.943 bits per heavy atom. The summed E-state index contributed by atoms with van der Waals surface area (Å²) in [6.07, 6.45) is -4.91. The number of halogens is 3. The molecule has 0 saturated heterocycles. The van der Waals surface area contributed by atoms with Crippen LogP contribution < -0.4 is 14.8 Å². The summed E-state index contributed by atoms with van der Waals surface area (Å²) in [6.45, 7) is 5.86. The van der Waals surface area contributed by atoms with E-state index < -0.39 is 18.0 Å². The highest BCUT2D eigenvalue weighted by atomic mass is 19.4. The molecule has 0 bridgehead atoms. The fourth-order valence-corrected chi connectivity index (χ4v) is 3.22. The summed E-state index contributed by atoms with van der Waals surface area (Å²) in [5.74, 6) is -0.108. The molecule has 1 amide bonds. The average molecular weight is 483 g/mol. The number of hydrogen-bond acceptors (Lipinski definition) is 6. The van der Waals surface area contributed by atoms with Crippen molar-refractivity contribution in [1.29, 1.82) is 0 Å². The van der Waals surface area contributed by atoms with Crippen LogP contribution in [-0.4, -0.2) is 32.2 Å². The first-order valence-corrected chi connectivity index (χ1v) is 10.4. The summed E-state index contributed by atoms with van der Waals surface area (Å²) >= 11 is 0. The van der Waals surface area contributed by atoms with E-state index >= 15 is 0 Å². The van der Waals surface area contributed by atoms with Crippen LogP contribution in [0.15, 0.2) is 60.7 Å². The molecule has 1 N–H and O–H groups in total. The quantitative estimate of drug-likeness (QED) is 0.388. The van der Waals surface area contributed by atoms with E-state index in [0.717, 1.165) is 23.0 Å². The summed E-state index contributed by atoms with van der Waals surface area (Å²) < 4.78 is 49.1. The third-order valence-corrected chi connectivity index (χ3v) is 5.19. The second-order valence-electron chi connectivity index (χ2n) is 7.56. The van der Waals surface area contributed by atoms with Gasteiger partial charge in [0, 0.05) is 17.4 Å². The number of aromatic nitrogens is 4. The lowest BCUT2D eigenvalue weighted by Gasteiger charge is -2.13. The largest absolute Gasteiger partial charge is 0.573 e. The standard InChI is InChI=1S/C24H20F3N5O3/c1-14-15(2)31-32(16(14)3)21-12-13-22(30-29-21)34-18-10-8-17(9-11-18)28-23(33)19-6-4-5-7-20(19)35-24(25,26)27/h4-13H,1-3H3,(H,28,33). The minimum absolute atomic E-state index is 0.252. The molecule has 2 aromatic carbocycles. The van der Waals surface area contributed by atoms with Gasteiger partial charge in [-0.25, -0.2) is 4.68 Å². The van der Waals surface area contributed by atoms with Gasteiger partial charge < -0.3 is 14.8 Å². The predicted molar refractivity (Wildman–Crippen MR) is 121 cm³/mol. The molecule has 35 heavy (non-hydrogen) atoms. The summed E-state index contributed by atoms with van der Waals surface area (Å²) in [7, 11) is 0. The van der Waals surface area contributed by atoms with Gasteiger partial charge in [-0.1, -0.05) is 12.1 Å². The number of rotatable bonds is 6. The van der Waals surface area contributed by atoms with Gasteiger partial charge in [-0.05, 0) is 68.8 Å². The first kappa shape index (κ1) is 23.7. The number of nitrogens with one attached hydrogen (secondary N) is 1. The molecule has 0 aliphatic heterocycles. The number of benzene rings is 2. The van der Waals surface area contributed by atoms with Gasteiger partial charge >= 0.3 is 6.36 Å². The zero-order valence-electron chi connectivity index (χ0n) is 18.9. The summed E-state index contributed by atoms with van der Waals surface area (Å²) in [6, 6.07) is 14.7. The number of amides is 1. The van der Waals surface area contributed by atoms with Gasteiger partial charge in [0.2, 0.25) is 5.88 Å². The molecule has 0 unspecified atom stereocenters. The zero-order chi connectivity index (χ0) is 25.2. The van der Waals surface area contributed by atoms with Crippen LogP contribution in [0.3, 0.4) is 0 Å². The lowest BCUT2D eigenvalue weighted by Crippen LogP contribution is -2.20. The number of nitrogens with zero attached hydrogens (tertiary/aromatic N) is 4. The van der Waals surface area contributed by atoms with Crippen LogP contribution in [0.1, 0.15) is 27.3 Å². The Labute approximate surface area is 198 Å². The van der Waals surface area contributed by atoms with Crippen LogP contribution in [0, 0.1) is 20.8 Å². The maximum absolute atomic E-state index is 12.6. The normalized spacial score (nSPS) is 11.3. The lowest BCUT2D eigenvalue weighted by atomic mass is 10.2. The minimum Gasteiger partial charge on any atom is -0.438 e. The van der Waals surface area contributed by atoms with E-state index in [1.807, 2.05) is 20.8 Å². The van der Waals surface area contributed by atoms with Gasteiger partial charge in [0.25, 0.3) is 5.91 Å². The van der Waals surface area contributed by atoms with Crippen molar-refractivity contribution in [2.75, 3.05) is 5.32 Å². The maximum Gasteiger partial charge on any atom is 0.573 e. The van der Waals surface area contributed by atoms with Crippen molar-refractivity contribution >= 4 is 11.6 Å². The second-order valence-corrected chi connectivity index (χ2v) is 7.56. The summed E-state index contributed by atoms with van der Waals surface area (Å²) in [5.41, 5.74) is 3.06. The Morgan fingerprint density at radius 2 is 1.66 bits per heavy atom. The second kappa shape index (κ2) is 9.45. The van der Waals surface area contributed by atoms with Gasteiger partial charge in [0.05, 0.1) is 11.3 Å². The predicted octanol–water partition coefficient (Wildman–Crippen LogP) is 5.53. The van der Waals surface area contributed by atoms with Crippen molar-refractivity contribution in [1.82, 2.24) is 20.0 Å². The molecule has 8 nitrogen and oxygen atoms in total. The number of para-hydroxylation sites is 1. The molecule has 4 rings (SSSR count). The minimum atomic E-state index is -4.91. The highest BCUT2D eigenvalue weighted by Gasteiger charge is 2.32. The molecule has 11 heteroatoms. The maximum atomic E-state index is 12.6. The smallest absolute Gasteiger partial charge is 0.438 e. The van der Waals surface area contributed by atoms with Crippen LogP contribution in [0.25, 0.3) is 5.82 Å². The fraction of sp³-hybridized carbons (Fsp3) is 0.167. The molecule has 0 aliphatic carbocycles. The molecular weight excluding hydrogens is 463 g/mol. The molecule has 0 radical (unpaired) electrons. The Balaban J connectivity index is 1.42. The van der Waals surface area contributed by atoms with Crippen molar-refractivity contribution in [3.8, 4) is 23.2 Å². The average Bonchev–Trinajstić information content (AvgIpc) is 3.07. The number of ether oxygens (including phenoxy) is 2. The Hall–Kier alpha value is -4.41. The summed E-state index contributed by atoms with van der Waals surface area (Å²) in [4.78, 5) is 12.5. The third kappa shape index (κ3) is 5.57. The van der Waals surface area contributed by atoms with Crippen LogP contribution in [0.5, 0.6) is 17.4 Å². The summed E-state index contributed by atoms with van der Waals surface area (Å²) in [5, 5.41) is 15.2. The highest BCUT2D eigenvalue weighted by molar-refractivity contribution is 6.06. The van der Waals surface area contributed by atoms with Crippen LogP contribution in [0.2, 0.25) is 0 Å². The molecule has 0 atom stereocenters. The molecule has 180 valence electrons. The Bertz CT molecular complexity index is 1350. The van der Waals surface area contributed by atoms with Gasteiger partial charge in [-0.2, -0.15) is 5.10 Å². The van der Waals surface area contributed by atoms with E-state index in [2.05, 4.69) is 25.3 Å². The first-order chi connectivity index (χ1) is 16.6. The van der Waals surface area contributed by atoms with Crippen molar-refractivity contribution in [3.05, 3.63) is 83.2 Å². The number of anilines is 1.